The molecule has 2 aromatic carbocycles. The molecule has 0 unspecified atom stereocenters. The summed E-state index contributed by atoms with van der Waals surface area (Å²) < 4.78 is 60.6. The van der Waals surface area contributed by atoms with Crippen LogP contribution in [0.15, 0.2) is 58.3 Å². The molecular formula is C22H27N3O6S2. The van der Waals surface area contributed by atoms with Gasteiger partial charge in [0.05, 0.1) is 27.1 Å². The number of benzene rings is 2. The average molecular weight is 494 g/mol. The molecule has 0 aliphatic carbocycles. The van der Waals surface area contributed by atoms with Gasteiger partial charge < -0.3 is 10.1 Å². The quantitative estimate of drug-likeness (QED) is 0.581. The van der Waals surface area contributed by atoms with Gasteiger partial charge in [0, 0.05) is 26.2 Å². The maximum Gasteiger partial charge on any atom is 0.261 e. The van der Waals surface area contributed by atoms with Gasteiger partial charge >= 0.3 is 0 Å². The Balaban J connectivity index is 1.49. The van der Waals surface area contributed by atoms with E-state index in [-0.39, 0.29) is 27.1 Å². The molecule has 1 amide bonds. The van der Waals surface area contributed by atoms with Gasteiger partial charge in [-0.05, 0) is 62.1 Å². The molecule has 2 aliphatic heterocycles. The van der Waals surface area contributed by atoms with Crippen molar-refractivity contribution in [3.63, 3.8) is 0 Å². The van der Waals surface area contributed by atoms with Crippen LogP contribution in [0.25, 0.3) is 0 Å². The van der Waals surface area contributed by atoms with Crippen molar-refractivity contribution in [1.82, 2.24) is 9.62 Å². The lowest BCUT2D eigenvalue weighted by molar-refractivity contribution is 0.0858. The average Bonchev–Trinajstić information content (AvgIpc) is 3.52. The number of anilines is 1. The van der Waals surface area contributed by atoms with Crippen molar-refractivity contribution in [2.24, 2.45) is 0 Å². The van der Waals surface area contributed by atoms with Crippen LogP contribution in [-0.2, 0) is 24.8 Å². The van der Waals surface area contributed by atoms with Gasteiger partial charge in [0.25, 0.3) is 15.9 Å². The maximum atomic E-state index is 12.9. The predicted octanol–water partition coefficient (Wildman–Crippen LogP) is 2.18. The number of nitrogens with zero attached hydrogens (tertiary/aromatic N) is 1. The highest BCUT2D eigenvalue weighted by Crippen LogP contribution is 2.24. The van der Waals surface area contributed by atoms with Crippen molar-refractivity contribution in [3.8, 4) is 0 Å². The van der Waals surface area contributed by atoms with Crippen molar-refractivity contribution in [2.45, 2.75) is 41.6 Å². The Morgan fingerprint density at radius 3 is 2.27 bits per heavy atom. The van der Waals surface area contributed by atoms with E-state index in [0.717, 1.165) is 25.7 Å². The van der Waals surface area contributed by atoms with Crippen LogP contribution in [0, 0.1) is 0 Å². The molecule has 1 atom stereocenters. The van der Waals surface area contributed by atoms with Crippen LogP contribution in [0.3, 0.4) is 0 Å². The van der Waals surface area contributed by atoms with Gasteiger partial charge in [-0.1, -0.05) is 12.1 Å². The third-order valence-corrected chi connectivity index (χ3v) is 9.06. The SMILES string of the molecule is O=C(NC[C@@H]1CCCO1)c1ccccc1NS(=O)(=O)c1ccc(S(=O)(=O)N2CCCC2)cc1. The van der Waals surface area contributed by atoms with E-state index in [1.165, 1.54) is 40.7 Å². The van der Waals surface area contributed by atoms with Crippen molar-refractivity contribution in [2.75, 3.05) is 31.0 Å². The first-order chi connectivity index (χ1) is 15.8. The number of rotatable bonds is 8. The minimum absolute atomic E-state index is 0.0341. The van der Waals surface area contributed by atoms with Crippen LogP contribution < -0.4 is 10.0 Å². The second kappa shape index (κ2) is 9.80. The van der Waals surface area contributed by atoms with E-state index >= 15 is 0 Å². The molecule has 0 spiro atoms. The third kappa shape index (κ3) is 5.37. The number of sulfonamides is 2. The summed E-state index contributed by atoms with van der Waals surface area (Å²) in [6, 6.07) is 11.4. The van der Waals surface area contributed by atoms with E-state index in [9.17, 15) is 21.6 Å². The molecule has 33 heavy (non-hydrogen) atoms. The molecular weight excluding hydrogens is 466 g/mol. The number of hydrogen-bond donors (Lipinski definition) is 2. The molecule has 11 heteroatoms. The zero-order valence-electron chi connectivity index (χ0n) is 18.1. The second-order valence-electron chi connectivity index (χ2n) is 8.08. The Morgan fingerprint density at radius 2 is 1.61 bits per heavy atom. The Labute approximate surface area is 194 Å². The molecule has 2 saturated heterocycles. The lowest BCUT2D eigenvalue weighted by Gasteiger charge is -2.16. The maximum absolute atomic E-state index is 12.9. The van der Waals surface area contributed by atoms with E-state index in [0.29, 0.717) is 26.2 Å². The lowest BCUT2D eigenvalue weighted by atomic mass is 10.1. The number of carbonyl (C=O) groups excluding carboxylic acids is 1. The fourth-order valence-corrected chi connectivity index (χ4v) is 6.55. The van der Waals surface area contributed by atoms with Crippen LogP contribution in [0.1, 0.15) is 36.0 Å². The standard InChI is InChI=1S/C22H27N3O6S2/c26-22(23-16-17-6-5-15-31-17)20-7-1-2-8-21(20)24-32(27,28)18-9-11-19(12-10-18)33(29,30)25-13-3-4-14-25/h1-2,7-12,17,24H,3-6,13-16H2,(H,23,26)/t17-/m0/s1. The number of hydrogen-bond acceptors (Lipinski definition) is 6. The van der Waals surface area contributed by atoms with Gasteiger partial charge in [-0.3, -0.25) is 9.52 Å². The van der Waals surface area contributed by atoms with E-state index < -0.39 is 26.0 Å². The fraction of sp³-hybridized carbons (Fsp3) is 0.409. The minimum Gasteiger partial charge on any atom is -0.376 e. The molecule has 0 radical (unpaired) electrons. The first-order valence-corrected chi connectivity index (χ1v) is 13.8. The lowest BCUT2D eigenvalue weighted by Crippen LogP contribution is -2.32. The smallest absolute Gasteiger partial charge is 0.261 e. The first kappa shape index (κ1) is 23.7. The molecule has 2 fully saturated rings. The molecule has 0 saturated carbocycles. The number of para-hydroxylation sites is 1. The van der Waals surface area contributed by atoms with E-state index in [1.54, 1.807) is 12.1 Å². The molecule has 2 aromatic rings. The van der Waals surface area contributed by atoms with Gasteiger partial charge in [0.2, 0.25) is 10.0 Å². The van der Waals surface area contributed by atoms with Crippen LogP contribution >= 0.6 is 0 Å². The molecule has 4 rings (SSSR count). The molecule has 0 aromatic heterocycles. The molecule has 2 N–H and O–H groups in total. The number of amides is 1. The number of ether oxygens (including phenoxy) is 1. The molecule has 2 heterocycles. The highest BCUT2D eigenvalue weighted by atomic mass is 32.2. The van der Waals surface area contributed by atoms with Crippen molar-refractivity contribution in [1.29, 1.82) is 0 Å². The second-order valence-corrected chi connectivity index (χ2v) is 11.7. The zero-order valence-corrected chi connectivity index (χ0v) is 19.7. The molecule has 0 bridgehead atoms. The fourth-order valence-electron chi connectivity index (χ4n) is 3.95. The summed E-state index contributed by atoms with van der Waals surface area (Å²) in [5.41, 5.74) is 0.323. The number of carbonyl (C=O) groups is 1. The van der Waals surface area contributed by atoms with Crippen molar-refractivity contribution in [3.05, 3.63) is 54.1 Å². The summed E-state index contributed by atoms with van der Waals surface area (Å²) in [6.45, 7) is 1.97. The van der Waals surface area contributed by atoms with Crippen LogP contribution in [0.2, 0.25) is 0 Å². The van der Waals surface area contributed by atoms with Crippen molar-refractivity contribution < 1.29 is 26.4 Å². The summed E-state index contributed by atoms with van der Waals surface area (Å²) >= 11 is 0. The Morgan fingerprint density at radius 1 is 0.939 bits per heavy atom. The summed E-state index contributed by atoms with van der Waals surface area (Å²) in [5, 5.41) is 2.79. The van der Waals surface area contributed by atoms with Gasteiger partial charge in [-0.2, -0.15) is 4.31 Å². The van der Waals surface area contributed by atoms with Crippen LogP contribution in [-0.4, -0.2) is 59.4 Å². The zero-order chi connectivity index (χ0) is 23.5. The Kier molecular flexibility index (Phi) is 7.03. The first-order valence-electron chi connectivity index (χ1n) is 10.9. The van der Waals surface area contributed by atoms with E-state index in [4.69, 9.17) is 4.74 Å². The Bertz CT molecular complexity index is 1200. The largest absolute Gasteiger partial charge is 0.376 e. The highest BCUT2D eigenvalue weighted by molar-refractivity contribution is 7.92. The molecule has 178 valence electrons. The monoisotopic (exact) mass is 493 g/mol. The van der Waals surface area contributed by atoms with Gasteiger partial charge in [0.15, 0.2) is 0 Å². The van der Waals surface area contributed by atoms with Crippen molar-refractivity contribution >= 4 is 31.6 Å². The summed E-state index contributed by atoms with van der Waals surface area (Å²) in [7, 11) is -7.68. The normalized spacial score (nSPS) is 19.5. The van der Waals surface area contributed by atoms with Crippen LogP contribution in [0.5, 0.6) is 0 Å². The topological polar surface area (TPSA) is 122 Å². The summed E-state index contributed by atoms with van der Waals surface area (Å²) in [4.78, 5) is 12.6. The number of nitrogens with one attached hydrogen (secondary N) is 2. The highest BCUT2D eigenvalue weighted by Gasteiger charge is 2.28. The molecule has 9 nitrogen and oxygen atoms in total. The van der Waals surface area contributed by atoms with Gasteiger partial charge in [-0.25, -0.2) is 16.8 Å². The predicted molar refractivity (Wildman–Crippen MR) is 123 cm³/mol. The minimum atomic E-state index is -4.04. The van der Waals surface area contributed by atoms with Gasteiger partial charge in [-0.15, -0.1) is 0 Å². The summed E-state index contributed by atoms with van der Waals surface area (Å²) in [6.07, 6.45) is 3.42. The van der Waals surface area contributed by atoms with E-state index in [2.05, 4.69) is 10.0 Å². The van der Waals surface area contributed by atoms with Gasteiger partial charge in [0.1, 0.15) is 0 Å². The summed E-state index contributed by atoms with van der Waals surface area (Å²) in [5.74, 6) is -0.407. The molecule has 2 aliphatic rings. The van der Waals surface area contributed by atoms with Crippen LogP contribution in [0.4, 0.5) is 5.69 Å². The third-order valence-electron chi connectivity index (χ3n) is 5.77. The van der Waals surface area contributed by atoms with E-state index in [1.807, 2.05) is 0 Å². The Hall–Kier alpha value is -2.47.